The zero-order valence-corrected chi connectivity index (χ0v) is 15.4. The van der Waals surface area contributed by atoms with Crippen molar-refractivity contribution in [2.24, 2.45) is 0 Å². The van der Waals surface area contributed by atoms with Gasteiger partial charge >= 0.3 is 6.36 Å². The Morgan fingerprint density at radius 3 is 2.48 bits per heavy atom. The molecule has 0 spiro atoms. The van der Waals surface area contributed by atoms with Crippen LogP contribution in [0.15, 0.2) is 65.3 Å². The Balaban J connectivity index is 1.51. The van der Waals surface area contributed by atoms with Gasteiger partial charge in [-0.2, -0.15) is 0 Å². The number of fused-ring (bicyclic) bond motifs is 1. The van der Waals surface area contributed by atoms with Gasteiger partial charge < -0.3 is 18.6 Å². The molecule has 2 aromatic carbocycles. The molecular formula is C21H17F3N2O3. The number of hydrogen-bond acceptors (Lipinski definition) is 4. The van der Waals surface area contributed by atoms with Crippen molar-refractivity contribution in [2.75, 3.05) is 6.61 Å². The predicted molar refractivity (Wildman–Crippen MR) is 101 cm³/mol. The summed E-state index contributed by atoms with van der Waals surface area (Å²) in [4.78, 5) is 0. The Bertz CT molecular complexity index is 1110. The first-order valence-electron chi connectivity index (χ1n) is 8.89. The number of rotatable bonds is 6. The number of aromatic nitrogens is 2. The van der Waals surface area contributed by atoms with Gasteiger partial charge in [0.1, 0.15) is 12.4 Å². The monoisotopic (exact) mass is 402 g/mol. The molecule has 0 saturated heterocycles. The molecule has 0 atom stereocenters. The highest BCUT2D eigenvalue weighted by atomic mass is 19.4. The molecule has 0 fully saturated rings. The summed E-state index contributed by atoms with van der Waals surface area (Å²) in [6.07, 6.45) is -2.74. The molecule has 0 amide bonds. The lowest BCUT2D eigenvalue weighted by molar-refractivity contribution is -0.274. The van der Waals surface area contributed by atoms with Crippen molar-refractivity contribution >= 4 is 11.0 Å². The average Bonchev–Trinajstić information content (AvgIpc) is 3.27. The van der Waals surface area contributed by atoms with E-state index in [9.17, 15) is 13.2 Å². The summed E-state index contributed by atoms with van der Waals surface area (Å²) in [5.74, 6) is 0.111. The van der Waals surface area contributed by atoms with E-state index in [0.717, 1.165) is 16.8 Å². The van der Waals surface area contributed by atoms with Crippen LogP contribution in [0.5, 0.6) is 11.6 Å². The molecule has 4 rings (SSSR count). The van der Waals surface area contributed by atoms with E-state index in [4.69, 9.17) is 9.26 Å². The van der Waals surface area contributed by atoms with Gasteiger partial charge in [-0.05, 0) is 59.6 Å². The van der Waals surface area contributed by atoms with Crippen molar-refractivity contribution in [2.45, 2.75) is 19.8 Å². The topological polar surface area (TPSA) is 49.4 Å². The maximum absolute atomic E-state index is 12.3. The number of hydrogen-bond donors (Lipinski definition) is 0. The zero-order valence-electron chi connectivity index (χ0n) is 15.4. The molecular weight excluding hydrogens is 385 g/mol. The summed E-state index contributed by atoms with van der Waals surface area (Å²) in [5.41, 5.74) is 3.23. The molecule has 0 saturated carbocycles. The normalized spacial score (nSPS) is 11.7. The Kier molecular flexibility index (Phi) is 4.92. The highest BCUT2D eigenvalue weighted by Gasteiger charge is 2.30. The molecule has 2 heterocycles. The quantitative estimate of drug-likeness (QED) is 0.422. The Hall–Kier alpha value is -3.42. The molecule has 5 nitrogen and oxygen atoms in total. The molecule has 0 unspecified atom stereocenters. The van der Waals surface area contributed by atoms with Crippen LogP contribution in [0, 0.1) is 6.92 Å². The first-order chi connectivity index (χ1) is 13.9. The third-order valence-electron chi connectivity index (χ3n) is 4.49. The maximum Gasteiger partial charge on any atom is 0.573 e. The molecule has 2 aromatic heterocycles. The zero-order chi connectivity index (χ0) is 20.4. The van der Waals surface area contributed by atoms with Crippen LogP contribution in [0.25, 0.3) is 22.1 Å². The van der Waals surface area contributed by atoms with Gasteiger partial charge in [-0.3, -0.25) is 0 Å². The minimum atomic E-state index is -4.71. The molecule has 4 aromatic rings. The second-order valence-corrected chi connectivity index (χ2v) is 6.46. The van der Waals surface area contributed by atoms with Gasteiger partial charge in [-0.15, -0.1) is 13.2 Å². The third kappa shape index (κ3) is 4.37. The summed E-state index contributed by atoms with van der Waals surface area (Å²) < 4.78 is 54.0. The molecule has 0 aliphatic carbocycles. The largest absolute Gasteiger partial charge is 0.573 e. The lowest BCUT2D eigenvalue weighted by Gasteiger charge is -2.09. The lowest BCUT2D eigenvalue weighted by Crippen LogP contribution is -2.16. The Morgan fingerprint density at radius 1 is 1.03 bits per heavy atom. The van der Waals surface area contributed by atoms with Gasteiger partial charge in [0.15, 0.2) is 5.58 Å². The standard InChI is InChI=1S/C21H17F3N2O3/c1-14-3-2-10-26(14)11-12-27-20-18-13-16(6-9-19(18)29-25-20)15-4-7-17(8-5-15)28-21(22,23)24/h2-10,13H,11-12H2,1H3. The van der Waals surface area contributed by atoms with Gasteiger partial charge in [0.2, 0.25) is 0 Å². The molecule has 0 N–H and O–H groups in total. The van der Waals surface area contributed by atoms with Crippen LogP contribution in [-0.4, -0.2) is 22.7 Å². The molecule has 150 valence electrons. The van der Waals surface area contributed by atoms with Crippen molar-refractivity contribution in [3.05, 3.63) is 66.5 Å². The van der Waals surface area contributed by atoms with Crippen molar-refractivity contribution in [3.8, 4) is 22.8 Å². The van der Waals surface area contributed by atoms with Crippen molar-refractivity contribution in [3.63, 3.8) is 0 Å². The fourth-order valence-corrected chi connectivity index (χ4v) is 3.04. The summed E-state index contributed by atoms with van der Waals surface area (Å²) in [7, 11) is 0. The smallest absolute Gasteiger partial charge is 0.473 e. The van der Waals surface area contributed by atoms with Crippen LogP contribution in [0.1, 0.15) is 5.69 Å². The van der Waals surface area contributed by atoms with Crippen LogP contribution < -0.4 is 9.47 Å². The highest BCUT2D eigenvalue weighted by molar-refractivity contribution is 5.87. The molecule has 8 heteroatoms. The summed E-state index contributed by atoms with van der Waals surface area (Å²) in [6.45, 7) is 3.11. The van der Waals surface area contributed by atoms with Gasteiger partial charge in [0.25, 0.3) is 5.88 Å². The van der Waals surface area contributed by atoms with E-state index in [1.54, 1.807) is 24.3 Å². The second-order valence-electron chi connectivity index (χ2n) is 6.46. The Labute approximate surface area is 164 Å². The molecule has 0 aliphatic heterocycles. The minimum Gasteiger partial charge on any atom is -0.473 e. The van der Waals surface area contributed by atoms with E-state index >= 15 is 0 Å². The van der Waals surface area contributed by atoms with Crippen molar-refractivity contribution in [1.82, 2.24) is 9.72 Å². The van der Waals surface area contributed by atoms with E-state index < -0.39 is 6.36 Å². The van der Waals surface area contributed by atoms with Crippen LogP contribution >= 0.6 is 0 Å². The first kappa shape index (κ1) is 18.9. The fraction of sp³-hybridized carbons (Fsp3) is 0.190. The predicted octanol–water partition coefficient (Wildman–Crippen LogP) is 5.58. The average molecular weight is 402 g/mol. The van der Waals surface area contributed by atoms with Gasteiger partial charge in [0.05, 0.1) is 11.9 Å². The van der Waals surface area contributed by atoms with E-state index in [1.807, 2.05) is 31.3 Å². The highest BCUT2D eigenvalue weighted by Crippen LogP contribution is 2.31. The van der Waals surface area contributed by atoms with Gasteiger partial charge in [0, 0.05) is 11.9 Å². The first-order valence-corrected chi connectivity index (χ1v) is 8.89. The van der Waals surface area contributed by atoms with Crippen LogP contribution in [-0.2, 0) is 6.54 Å². The number of alkyl halides is 3. The van der Waals surface area contributed by atoms with E-state index in [0.29, 0.717) is 30.0 Å². The molecule has 0 radical (unpaired) electrons. The molecule has 29 heavy (non-hydrogen) atoms. The van der Waals surface area contributed by atoms with Crippen LogP contribution in [0.4, 0.5) is 13.2 Å². The second kappa shape index (κ2) is 7.54. The number of halogens is 3. The van der Waals surface area contributed by atoms with E-state index in [2.05, 4.69) is 14.5 Å². The number of nitrogens with zero attached hydrogens (tertiary/aromatic N) is 2. The SMILES string of the molecule is Cc1cccn1CCOc1noc2ccc(-c3ccc(OC(F)(F)F)cc3)cc12. The summed E-state index contributed by atoms with van der Waals surface area (Å²) in [6, 6.07) is 15.1. The van der Waals surface area contributed by atoms with Crippen LogP contribution in [0.3, 0.4) is 0 Å². The summed E-state index contributed by atoms with van der Waals surface area (Å²) in [5, 5.41) is 4.67. The van der Waals surface area contributed by atoms with Crippen molar-refractivity contribution in [1.29, 1.82) is 0 Å². The van der Waals surface area contributed by atoms with Crippen LogP contribution in [0.2, 0.25) is 0 Å². The fourth-order valence-electron chi connectivity index (χ4n) is 3.04. The van der Waals surface area contributed by atoms with Crippen molar-refractivity contribution < 1.29 is 27.2 Å². The van der Waals surface area contributed by atoms with Gasteiger partial charge in [-0.1, -0.05) is 18.2 Å². The van der Waals surface area contributed by atoms with E-state index in [1.165, 1.54) is 12.1 Å². The number of aryl methyl sites for hydroxylation is 1. The third-order valence-corrected chi connectivity index (χ3v) is 4.49. The van der Waals surface area contributed by atoms with Gasteiger partial charge in [-0.25, -0.2) is 0 Å². The molecule has 0 bridgehead atoms. The maximum atomic E-state index is 12.3. The molecule has 0 aliphatic rings. The minimum absolute atomic E-state index is 0.267. The number of benzene rings is 2. The lowest BCUT2D eigenvalue weighted by atomic mass is 10.0. The summed E-state index contributed by atoms with van der Waals surface area (Å²) >= 11 is 0. The van der Waals surface area contributed by atoms with E-state index in [-0.39, 0.29) is 5.75 Å². The Morgan fingerprint density at radius 2 is 1.79 bits per heavy atom. The number of ether oxygens (including phenoxy) is 2.